The van der Waals surface area contributed by atoms with Crippen LogP contribution in [0.5, 0.6) is 5.75 Å². The van der Waals surface area contributed by atoms with E-state index in [0.717, 1.165) is 6.42 Å². The molecule has 0 spiro atoms. The van der Waals surface area contributed by atoms with Gasteiger partial charge < -0.3 is 9.47 Å². The van der Waals surface area contributed by atoms with Crippen LogP contribution in [0.2, 0.25) is 5.02 Å². The first kappa shape index (κ1) is 13.8. The number of carbonyl (C=O) groups excluding carboxylic acids is 1. The number of hydrogen-bond acceptors (Lipinski definition) is 3. The maximum Gasteiger partial charge on any atom is 0.347 e. The SMILES string of the molecule is CCCC(Oc1ccc(Cl)cc1)C(=O)OCC. The lowest BCUT2D eigenvalue weighted by atomic mass is 10.2. The average molecular weight is 257 g/mol. The lowest BCUT2D eigenvalue weighted by Crippen LogP contribution is -2.29. The second-order valence-electron chi connectivity index (χ2n) is 3.60. The molecule has 0 heterocycles. The summed E-state index contributed by atoms with van der Waals surface area (Å²) in [5.41, 5.74) is 0. The zero-order valence-corrected chi connectivity index (χ0v) is 10.9. The Bertz CT molecular complexity index is 348. The number of rotatable bonds is 6. The van der Waals surface area contributed by atoms with Gasteiger partial charge in [0.2, 0.25) is 0 Å². The summed E-state index contributed by atoms with van der Waals surface area (Å²) in [6.45, 7) is 4.14. The molecule has 17 heavy (non-hydrogen) atoms. The van der Waals surface area contributed by atoms with Gasteiger partial charge in [-0.1, -0.05) is 24.9 Å². The molecule has 1 aromatic carbocycles. The Morgan fingerprint density at radius 2 is 1.94 bits per heavy atom. The van der Waals surface area contributed by atoms with E-state index in [1.165, 1.54) is 0 Å². The predicted molar refractivity (Wildman–Crippen MR) is 67.4 cm³/mol. The highest BCUT2D eigenvalue weighted by molar-refractivity contribution is 6.30. The fraction of sp³-hybridized carbons (Fsp3) is 0.462. The maximum absolute atomic E-state index is 11.6. The van der Waals surface area contributed by atoms with Gasteiger partial charge in [-0.3, -0.25) is 0 Å². The van der Waals surface area contributed by atoms with Crippen molar-refractivity contribution < 1.29 is 14.3 Å². The molecule has 0 aliphatic rings. The van der Waals surface area contributed by atoms with Crippen LogP contribution in [0, 0.1) is 0 Å². The normalized spacial score (nSPS) is 11.9. The number of esters is 1. The van der Waals surface area contributed by atoms with Crippen molar-refractivity contribution in [3.05, 3.63) is 29.3 Å². The van der Waals surface area contributed by atoms with Gasteiger partial charge in [0.1, 0.15) is 5.75 Å². The molecule has 4 heteroatoms. The van der Waals surface area contributed by atoms with Gasteiger partial charge in [0.25, 0.3) is 0 Å². The van der Waals surface area contributed by atoms with E-state index in [1.807, 2.05) is 6.92 Å². The third-order valence-corrected chi connectivity index (χ3v) is 2.44. The molecule has 0 radical (unpaired) electrons. The summed E-state index contributed by atoms with van der Waals surface area (Å²) in [6, 6.07) is 6.94. The number of carbonyl (C=O) groups is 1. The number of hydrogen-bond donors (Lipinski definition) is 0. The lowest BCUT2D eigenvalue weighted by molar-refractivity contribution is -0.151. The first-order valence-corrected chi connectivity index (χ1v) is 6.14. The van der Waals surface area contributed by atoms with Crippen molar-refractivity contribution in [2.75, 3.05) is 6.61 Å². The van der Waals surface area contributed by atoms with Crippen molar-refractivity contribution in [1.82, 2.24) is 0 Å². The van der Waals surface area contributed by atoms with Gasteiger partial charge in [0.15, 0.2) is 6.10 Å². The predicted octanol–water partition coefficient (Wildman–Crippen LogP) is 3.45. The Balaban J connectivity index is 2.65. The summed E-state index contributed by atoms with van der Waals surface area (Å²) in [7, 11) is 0. The van der Waals surface area contributed by atoms with E-state index < -0.39 is 6.10 Å². The first-order chi connectivity index (χ1) is 8.17. The van der Waals surface area contributed by atoms with E-state index in [1.54, 1.807) is 31.2 Å². The minimum absolute atomic E-state index is 0.315. The van der Waals surface area contributed by atoms with Crippen molar-refractivity contribution >= 4 is 17.6 Å². The molecule has 0 aliphatic heterocycles. The molecule has 0 bridgehead atoms. The summed E-state index contributed by atoms with van der Waals surface area (Å²) in [6.07, 6.45) is 0.958. The molecule has 0 aliphatic carbocycles. The van der Waals surface area contributed by atoms with Crippen LogP contribution in [0.1, 0.15) is 26.7 Å². The molecule has 1 atom stereocenters. The van der Waals surface area contributed by atoms with Crippen molar-refractivity contribution in [2.24, 2.45) is 0 Å². The van der Waals surface area contributed by atoms with Crippen molar-refractivity contribution in [3.8, 4) is 5.75 Å². The molecular formula is C13H17ClO3. The number of ether oxygens (including phenoxy) is 2. The van der Waals surface area contributed by atoms with Gasteiger partial charge in [0, 0.05) is 5.02 Å². The minimum Gasteiger partial charge on any atom is -0.479 e. The zero-order valence-electron chi connectivity index (χ0n) is 10.1. The molecule has 94 valence electrons. The molecule has 1 aromatic rings. The first-order valence-electron chi connectivity index (χ1n) is 5.76. The molecule has 0 saturated carbocycles. The molecule has 0 aromatic heterocycles. The van der Waals surface area contributed by atoms with Crippen molar-refractivity contribution in [2.45, 2.75) is 32.8 Å². The second kappa shape index (κ2) is 7.17. The van der Waals surface area contributed by atoms with Gasteiger partial charge in [-0.2, -0.15) is 0 Å². The largest absolute Gasteiger partial charge is 0.479 e. The summed E-state index contributed by atoms with van der Waals surface area (Å²) in [4.78, 5) is 11.6. The number of benzene rings is 1. The van der Waals surface area contributed by atoms with Crippen LogP contribution in [-0.2, 0) is 9.53 Å². The third kappa shape index (κ3) is 4.65. The van der Waals surface area contributed by atoms with Crippen LogP contribution >= 0.6 is 11.6 Å². The quantitative estimate of drug-likeness (QED) is 0.732. The fourth-order valence-electron chi connectivity index (χ4n) is 1.40. The maximum atomic E-state index is 11.6. The molecule has 0 saturated heterocycles. The van der Waals surface area contributed by atoms with Crippen LogP contribution in [0.4, 0.5) is 0 Å². The smallest absolute Gasteiger partial charge is 0.347 e. The third-order valence-electron chi connectivity index (χ3n) is 2.19. The van der Waals surface area contributed by atoms with Gasteiger partial charge in [-0.25, -0.2) is 4.79 Å². The van der Waals surface area contributed by atoms with E-state index in [0.29, 0.717) is 23.8 Å². The highest BCUT2D eigenvalue weighted by atomic mass is 35.5. The van der Waals surface area contributed by atoms with E-state index >= 15 is 0 Å². The Labute approximate surface area is 107 Å². The Kier molecular flexibility index (Phi) is 5.84. The minimum atomic E-state index is -0.541. The van der Waals surface area contributed by atoms with Gasteiger partial charge in [-0.15, -0.1) is 0 Å². The Hall–Kier alpha value is -1.22. The molecule has 0 fully saturated rings. The van der Waals surface area contributed by atoms with Crippen molar-refractivity contribution in [1.29, 1.82) is 0 Å². The Morgan fingerprint density at radius 3 is 2.47 bits per heavy atom. The number of halogens is 1. The van der Waals surface area contributed by atoms with E-state index in [9.17, 15) is 4.79 Å². The summed E-state index contributed by atoms with van der Waals surface area (Å²) in [5.74, 6) is 0.310. The lowest BCUT2D eigenvalue weighted by Gasteiger charge is -2.16. The second-order valence-corrected chi connectivity index (χ2v) is 4.04. The molecule has 1 rings (SSSR count). The summed E-state index contributed by atoms with van der Waals surface area (Å²) in [5, 5.41) is 0.639. The molecule has 0 amide bonds. The highest BCUT2D eigenvalue weighted by Crippen LogP contribution is 2.18. The van der Waals surface area contributed by atoms with E-state index in [2.05, 4.69) is 0 Å². The van der Waals surface area contributed by atoms with Crippen LogP contribution < -0.4 is 4.74 Å². The standard InChI is InChI=1S/C13H17ClO3/c1-3-5-12(13(15)16-4-2)17-11-8-6-10(14)7-9-11/h6-9,12H,3-5H2,1-2H3. The van der Waals surface area contributed by atoms with E-state index in [-0.39, 0.29) is 5.97 Å². The molecule has 1 unspecified atom stereocenters. The Morgan fingerprint density at radius 1 is 1.29 bits per heavy atom. The molecule has 0 N–H and O–H groups in total. The van der Waals surface area contributed by atoms with Crippen LogP contribution in [0.25, 0.3) is 0 Å². The monoisotopic (exact) mass is 256 g/mol. The fourth-order valence-corrected chi connectivity index (χ4v) is 1.53. The van der Waals surface area contributed by atoms with E-state index in [4.69, 9.17) is 21.1 Å². The summed E-state index contributed by atoms with van der Waals surface area (Å²) >= 11 is 5.77. The highest BCUT2D eigenvalue weighted by Gasteiger charge is 2.20. The summed E-state index contributed by atoms with van der Waals surface area (Å²) < 4.78 is 10.6. The van der Waals surface area contributed by atoms with Gasteiger partial charge in [-0.05, 0) is 37.6 Å². The van der Waals surface area contributed by atoms with Crippen LogP contribution in [0.3, 0.4) is 0 Å². The van der Waals surface area contributed by atoms with Gasteiger partial charge >= 0.3 is 5.97 Å². The molecular weight excluding hydrogens is 240 g/mol. The topological polar surface area (TPSA) is 35.5 Å². The van der Waals surface area contributed by atoms with Crippen molar-refractivity contribution in [3.63, 3.8) is 0 Å². The zero-order chi connectivity index (χ0) is 12.7. The molecule has 3 nitrogen and oxygen atoms in total. The van der Waals surface area contributed by atoms with Crippen LogP contribution in [-0.4, -0.2) is 18.7 Å². The average Bonchev–Trinajstić information content (AvgIpc) is 2.31. The van der Waals surface area contributed by atoms with Crippen LogP contribution in [0.15, 0.2) is 24.3 Å². The van der Waals surface area contributed by atoms with Gasteiger partial charge in [0.05, 0.1) is 6.61 Å².